The lowest BCUT2D eigenvalue weighted by atomic mass is 10.1. The minimum Gasteiger partial charge on any atom is -0.491 e. The standard InChI is InChI=1S/C19H22N2O4/c1-13-4-3-5-14(2)18(13)23-9-8-20-19(22)21-11-15-6-7-16-17(10-15)25-12-24-16/h3-7,10H,8-9,11-12H2,1-2H3,(H2,20,21,22). The van der Waals surface area contributed by atoms with E-state index in [0.29, 0.717) is 25.4 Å². The molecule has 2 aromatic rings. The summed E-state index contributed by atoms with van der Waals surface area (Å²) in [6, 6.07) is 11.4. The van der Waals surface area contributed by atoms with Crippen LogP contribution in [0.25, 0.3) is 0 Å². The van der Waals surface area contributed by atoms with E-state index in [2.05, 4.69) is 10.6 Å². The number of hydrogen-bond donors (Lipinski definition) is 2. The molecule has 0 saturated heterocycles. The number of amides is 2. The van der Waals surface area contributed by atoms with Crippen molar-refractivity contribution in [2.75, 3.05) is 19.9 Å². The predicted molar refractivity (Wildman–Crippen MR) is 94.2 cm³/mol. The van der Waals surface area contributed by atoms with Gasteiger partial charge >= 0.3 is 6.03 Å². The fourth-order valence-corrected chi connectivity index (χ4v) is 2.64. The van der Waals surface area contributed by atoms with Gasteiger partial charge in [0.1, 0.15) is 12.4 Å². The van der Waals surface area contributed by atoms with E-state index in [-0.39, 0.29) is 12.8 Å². The number of para-hydroxylation sites is 1. The van der Waals surface area contributed by atoms with Crippen molar-refractivity contribution in [1.82, 2.24) is 10.6 Å². The summed E-state index contributed by atoms with van der Waals surface area (Å²) in [5.41, 5.74) is 3.13. The summed E-state index contributed by atoms with van der Waals surface area (Å²) >= 11 is 0. The maximum absolute atomic E-state index is 11.9. The second-order valence-electron chi connectivity index (χ2n) is 5.87. The minimum absolute atomic E-state index is 0.234. The molecule has 25 heavy (non-hydrogen) atoms. The van der Waals surface area contributed by atoms with Gasteiger partial charge in [-0.1, -0.05) is 24.3 Å². The monoisotopic (exact) mass is 342 g/mol. The van der Waals surface area contributed by atoms with Gasteiger partial charge in [0, 0.05) is 6.54 Å². The third kappa shape index (κ3) is 4.35. The minimum atomic E-state index is -0.234. The average Bonchev–Trinajstić information content (AvgIpc) is 3.06. The first-order chi connectivity index (χ1) is 12.1. The molecule has 2 N–H and O–H groups in total. The maximum atomic E-state index is 11.9. The molecule has 0 fully saturated rings. The normalized spacial score (nSPS) is 11.9. The van der Waals surface area contributed by atoms with Crippen LogP contribution in [0.15, 0.2) is 36.4 Å². The van der Waals surface area contributed by atoms with Crippen LogP contribution in [0.4, 0.5) is 4.79 Å². The molecular formula is C19H22N2O4. The van der Waals surface area contributed by atoms with Gasteiger partial charge < -0.3 is 24.8 Å². The van der Waals surface area contributed by atoms with Gasteiger partial charge in [-0.15, -0.1) is 0 Å². The Bertz CT molecular complexity index is 741. The number of urea groups is 1. The Morgan fingerprint density at radius 1 is 1.08 bits per heavy atom. The molecule has 0 atom stereocenters. The van der Waals surface area contributed by atoms with Crippen LogP contribution in [0, 0.1) is 13.8 Å². The lowest BCUT2D eigenvalue weighted by molar-refractivity contribution is 0.174. The summed E-state index contributed by atoms with van der Waals surface area (Å²) in [6.45, 7) is 5.53. The zero-order valence-corrected chi connectivity index (χ0v) is 14.4. The number of carbonyl (C=O) groups is 1. The van der Waals surface area contributed by atoms with Crippen LogP contribution < -0.4 is 24.8 Å². The highest BCUT2D eigenvalue weighted by molar-refractivity contribution is 5.73. The zero-order valence-electron chi connectivity index (χ0n) is 14.4. The third-order valence-corrected chi connectivity index (χ3v) is 3.93. The number of fused-ring (bicyclic) bond motifs is 1. The predicted octanol–water partition coefficient (Wildman–Crippen LogP) is 2.91. The van der Waals surface area contributed by atoms with E-state index in [4.69, 9.17) is 14.2 Å². The highest BCUT2D eigenvalue weighted by atomic mass is 16.7. The Kier molecular flexibility index (Phi) is 5.28. The molecule has 1 aliphatic rings. The summed E-state index contributed by atoms with van der Waals surface area (Å²) in [7, 11) is 0. The number of benzene rings is 2. The maximum Gasteiger partial charge on any atom is 0.315 e. The van der Waals surface area contributed by atoms with Gasteiger partial charge in [-0.05, 0) is 42.7 Å². The quantitative estimate of drug-likeness (QED) is 0.792. The number of rotatable bonds is 6. The van der Waals surface area contributed by atoms with Gasteiger partial charge in [0.15, 0.2) is 11.5 Å². The first-order valence-electron chi connectivity index (χ1n) is 8.23. The van der Waals surface area contributed by atoms with Crippen molar-refractivity contribution < 1.29 is 19.0 Å². The number of nitrogens with one attached hydrogen (secondary N) is 2. The lowest BCUT2D eigenvalue weighted by Crippen LogP contribution is -2.37. The zero-order chi connectivity index (χ0) is 17.6. The third-order valence-electron chi connectivity index (χ3n) is 3.93. The number of hydrogen-bond acceptors (Lipinski definition) is 4. The fraction of sp³-hybridized carbons (Fsp3) is 0.316. The van der Waals surface area contributed by atoms with Crippen LogP contribution in [-0.2, 0) is 6.54 Å². The van der Waals surface area contributed by atoms with E-state index in [9.17, 15) is 4.79 Å². The summed E-state index contributed by atoms with van der Waals surface area (Å²) in [6.07, 6.45) is 0. The van der Waals surface area contributed by atoms with Crippen molar-refractivity contribution >= 4 is 6.03 Å². The van der Waals surface area contributed by atoms with Crippen molar-refractivity contribution in [2.24, 2.45) is 0 Å². The Morgan fingerprint density at radius 2 is 1.84 bits per heavy atom. The number of ether oxygens (including phenoxy) is 3. The molecule has 1 heterocycles. The Morgan fingerprint density at radius 3 is 2.64 bits per heavy atom. The van der Waals surface area contributed by atoms with Gasteiger partial charge in [-0.3, -0.25) is 0 Å². The second kappa shape index (κ2) is 7.79. The molecule has 0 unspecified atom stereocenters. The van der Waals surface area contributed by atoms with Crippen LogP contribution in [0.5, 0.6) is 17.2 Å². The van der Waals surface area contributed by atoms with Crippen LogP contribution in [0.2, 0.25) is 0 Å². The lowest BCUT2D eigenvalue weighted by Gasteiger charge is -2.12. The SMILES string of the molecule is Cc1cccc(C)c1OCCNC(=O)NCc1ccc2c(c1)OCO2. The van der Waals surface area contributed by atoms with Crippen molar-refractivity contribution in [3.8, 4) is 17.2 Å². The second-order valence-corrected chi connectivity index (χ2v) is 5.87. The molecule has 6 heteroatoms. The smallest absolute Gasteiger partial charge is 0.315 e. The van der Waals surface area contributed by atoms with Crippen LogP contribution in [-0.4, -0.2) is 26.0 Å². The van der Waals surface area contributed by atoms with Crippen molar-refractivity contribution in [3.63, 3.8) is 0 Å². The molecular weight excluding hydrogens is 320 g/mol. The Labute approximate surface area is 147 Å². The van der Waals surface area contributed by atoms with Crippen molar-refractivity contribution in [2.45, 2.75) is 20.4 Å². The van der Waals surface area contributed by atoms with Gasteiger partial charge in [0.25, 0.3) is 0 Å². The molecule has 132 valence electrons. The van der Waals surface area contributed by atoms with Crippen LogP contribution in [0.1, 0.15) is 16.7 Å². The molecule has 0 aliphatic carbocycles. The van der Waals surface area contributed by atoms with Crippen LogP contribution >= 0.6 is 0 Å². The van der Waals surface area contributed by atoms with E-state index < -0.39 is 0 Å². The summed E-state index contributed by atoms with van der Waals surface area (Å²) in [5, 5.41) is 5.59. The summed E-state index contributed by atoms with van der Waals surface area (Å²) in [4.78, 5) is 11.9. The largest absolute Gasteiger partial charge is 0.491 e. The van der Waals surface area contributed by atoms with Crippen molar-refractivity contribution in [1.29, 1.82) is 0 Å². The fourth-order valence-electron chi connectivity index (χ4n) is 2.64. The number of carbonyl (C=O) groups excluding carboxylic acids is 1. The van der Waals surface area contributed by atoms with E-state index in [1.807, 2.05) is 50.2 Å². The average molecular weight is 342 g/mol. The molecule has 2 amide bonds. The molecule has 2 aromatic carbocycles. The molecule has 0 spiro atoms. The molecule has 0 radical (unpaired) electrons. The number of aryl methyl sites for hydroxylation is 2. The Hall–Kier alpha value is -2.89. The first kappa shape index (κ1) is 17.0. The summed E-state index contributed by atoms with van der Waals surface area (Å²) in [5.74, 6) is 2.32. The van der Waals surface area contributed by atoms with E-state index >= 15 is 0 Å². The molecule has 6 nitrogen and oxygen atoms in total. The van der Waals surface area contributed by atoms with Crippen molar-refractivity contribution in [3.05, 3.63) is 53.1 Å². The highest BCUT2D eigenvalue weighted by Gasteiger charge is 2.13. The Balaban J connectivity index is 1.38. The van der Waals surface area contributed by atoms with Crippen LogP contribution in [0.3, 0.4) is 0 Å². The topological polar surface area (TPSA) is 68.8 Å². The summed E-state index contributed by atoms with van der Waals surface area (Å²) < 4.78 is 16.3. The van der Waals surface area contributed by atoms with Gasteiger partial charge in [-0.2, -0.15) is 0 Å². The van der Waals surface area contributed by atoms with Gasteiger partial charge in [-0.25, -0.2) is 4.79 Å². The molecule has 0 bridgehead atoms. The van der Waals surface area contributed by atoms with Gasteiger partial charge in [0.05, 0.1) is 6.54 Å². The molecule has 0 saturated carbocycles. The van der Waals surface area contributed by atoms with E-state index in [0.717, 1.165) is 28.2 Å². The first-order valence-corrected chi connectivity index (χ1v) is 8.23. The van der Waals surface area contributed by atoms with E-state index in [1.54, 1.807) is 0 Å². The van der Waals surface area contributed by atoms with Gasteiger partial charge in [0.2, 0.25) is 6.79 Å². The molecule has 0 aromatic heterocycles. The molecule has 3 rings (SSSR count). The van der Waals surface area contributed by atoms with E-state index in [1.165, 1.54) is 0 Å². The highest BCUT2D eigenvalue weighted by Crippen LogP contribution is 2.32. The molecule has 1 aliphatic heterocycles.